The van der Waals surface area contributed by atoms with Crippen molar-refractivity contribution in [1.82, 2.24) is 0 Å². The maximum absolute atomic E-state index is 10.9. The first-order chi connectivity index (χ1) is 8.53. The first-order valence-corrected chi connectivity index (χ1v) is 5.54. The molecular formula is C11H11ClN2O4. The highest BCUT2D eigenvalue weighted by atomic mass is 35.5. The largest absolute Gasteiger partial charge is 0.493 e. The fraction of sp³-hybridized carbons (Fsp3) is 0.364. The quantitative estimate of drug-likeness (QED) is 0.466. The van der Waals surface area contributed by atoms with Gasteiger partial charge in [0.2, 0.25) is 0 Å². The molecule has 0 N–H and O–H groups in total. The number of benzene rings is 1. The number of nitro benzene ring substituents is 1. The molecule has 1 aromatic rings. The van der Waals surface area contributed by atoms with Crippen LogP contribution in [0.5, 0.6) is 11.5 Å². The van der Waals surface area contributed by atoms with E-state index in [0.29, 0.717) is 11.3 Å². The van der Waals surface area contributed by atoms with Crippen LogP contribution >= 0.6 is 11.6 Å². The minimum absolute atomic E-state index is 0.0131. The van der Waals surface area contributed by atoms with Gasteiger partial charge in [-0.15, -0.1) is 11.6 Å². The van der Waals surface area contributed by atoms with Crippen LogP contribution in [0.25, 0.3) is 0 Å². The van der Waals surface area contributed by atoms with E-state index in [-0.39, 0.29) is 17.3 Å². The number of ether oxygens (including phenoxy) is 2. The molecule has 0 heterocycles. The van der Waals surface area contributed by atoms with Crippen LogP contribution in [0.15, 0.2) is 12.1 Å². The molecule has 0 radical (unpaired) electrons. The van der Waals surface area contributed by atoms with Gasteiger partial charge in [-0.2, -0.15) is 5.26 Å². The summed E-state index contributed by atoms with van der Waals surface area (Å²) in [6, 6.07) is 4.52. The first kappa shape index (κ1) is 14.1. The predicted molar refractivity (Wildman–Crippen MR) is 64.9 cm³/mol. The average molecular weight is 271 g/mol. The smallest absolute Gasteiger partial charge is 0.277 e. The van der Waals surface area contributed by atoms with Crippen LogP contribution in [-0.4, -0.2) is 18.1 Å². The van der Waals surface area contributed by atoms with Gasteiger partial charge in [-0.05, 0) is 13.0 Å². The Hall–Kier alpha value is -2.00. The fourth-order valence-electron chi connectivity index (χ4n) is 1.34. The van der Waals surface area contributed by atoms with Gasteiger partial charge in [-0.3, -0.25) is 10.1 Å². The molecule has 0 spiro atoms. The van der Waals surface area contributed by atoms with E-state index >= 15 is 0 Å². The summed E-state index contributed by atoms with van der Waals surface area (Å²) in [5.74, 6) is 0.436. The lowest BCUT2D eigenvalue weighted by Crippen LogP contribution is -2.09. The standard InChI is InChI=1S/C11H11ClN2O4/c1-7(6-13)18-11-4-9(14(15)16)8(5-12)3-10(11)17-2/h3-4,7H,5H2,1-2H3. The number of methoxy groups -OCH3 is 1. The molecule has 0 aromatic heterocycles. The SMILES string of the molecule is COc1cc(CCl)c([N+](=O)[O-])cc1OC(C)C#N. The van der Waals surface area contributed by atoms with E-state index in [9.17, 15) is 10.1 Å². The van der Waals surface area contributed by atoms with E-state index in [4.69, 9.17) is 26.3 Å². The maximum Gasteiger partial charge on any atom is 0.277 e. The van der Waals surface area contributed by atoms with Crippen molar-refractivity contribution >= 4 is 17.3 Å². The molecule has 0 aliphatic rings. The van der Waals surface area contributed by atoms with Crippen molar-refractivity contribution in [2.75, 3.05) is 7.11 Å². The van der Waals surface area contributed by atoms with Gasteiger partial charge >= 0.3 is 0 Å². The van der Waals surface area contributed by atoms with E-state index in [1.165, 1.54) is 26.2 Å². The second-order valence-electron chi connectivity index (χ2n) is 3.41. The lowest BCUT2D eigenvalue weighted by molar-refractivity contribution is -0.385. The summed E-state index contributed by atoms with van der Waals surface area (Å²) in [5, 5.41) is 19.5. The van der Waals surface area contributed by atoms with Gasteiger partial charge in [-0.25, -0.2) is 0 Å². The molecule has 0 amide bonds. The van der Waals surface area contributed by atoms with Crippen molar-refractivity contribution in [1.29, 1.82) is 5.26 Å². The number of alkyl halides is 1. The van der Waals surface area contributed by atoms with Crippen LogP contribution in [0, 0.1) is 21.4 Å². The second kappa shape index (κ2) is 6.07. The Bertz CT molecular complexity index is 499. The Balaban J connectivity index is 3.28. The van der Waals surface area contributed by atoms with Gasteiger partial charge in [0, 0.05) is 5.56 Å². The summed E-state index contributed by atoms with van der Waals surface area (Å²) in [7, 11) is 1.41. The molecule has 0 saturated heterocycles. The molecule has 1 unspecified atom stereocenters. The molecule has 0 saturated carbocycles. The van der Waals surface area contributed by atoms with Crippen molar-refractivity contribution < 1.29 is 14.4 Å². The van der Waals surface area contributed by atoms with Crippen LogP contribution in [0.4, 0.5) is 5.69 Å². The topological polar surface area (TPSA) is 85.4 Å². The van der Waals surface area contributed by atoms with Gasteiger partial charge in [0.05, 0.1) is 24.0 Å². The van der Waals surface area contributed by atoms with Crippen molar-refractivity contribution in [3.8, 4) is 17.6 Å². The molecule has 6 nitrogen and oxygen atoms in total. The second-order valence-corrected chi connectivity index (χ2v) is 3.68. The Kier molecular flexibility index (Phi) is 4.75. The number of rotatable bonds is 5. The summed E-state index contributed by atoms with van der Waals surface area (Å²) in [4.78, 5) is 10.3. The maximum atomic E-state index is 10.9. The third-order valence-corrected chi connectivity index (χ3v) is 2.48. The highest BCUT2D eigenvalue weighted by Crippen LogP contribution is 2.35. The van der Waals surface area contributed by atoms with Crippen molar-refractivity contribution in [3.63, 3.8) is 0 Å². The van der Waals surface area contributed by atoms with Crippen LogP contribution < -0.4 is 9.47 Å². The Morgan fingerprint density at radius 2 is 2.22 bits per heavy atom. The van der Waals surface area contributed by atoms with E-state index in [0.717, 1.165) is 0 Å². The molecule has 0 aliphatic heterocycles. The lowest BCUT2D eigenvalue weighted by Gasteiger charge is -2.13. The summed E-state index contributed by atoms with van der Waals surface area (Å²) in [5.41, 5.74) is 0.168. The molecule has 96 valence electrons. The third kappa shape index (κ3) is 3.02. The van der Waals surface area contributed by atoms with Gasteiger partial charge < -0.3 is 9.47 Å². The number of hydrogen-bond acceptors (Lipinski definition) is 5. The van der Waals surface area contributed by atoms with Crippen LogP contribution in [-0.2, 0) is 5.88 Å². The van der Waals surface area contributed by atoms with Gasteiger partial charge in [-0.1, -0.05) is 0 Å². The zero-order valence-corrected chi connectivity index (χ0v) is 10.6. The fourth-order valence-corrected chi connectivity index (χ4v) is 1.55. The normalized spacial score (nSPS) is 11.4. The summed E-state index contributed by atoms with van der Waals surface area (Å²) < 4.78 is 10.3. The van der Waals surface area contributed by atoms with E-state index in [1.807, 2.05) is 6.07 Å². The molecule has 1 atom stereocenters. The van der Waals surface area contributed by atoms with E-state index in [1.54, 1.807) is 0 Å². The van der Waals surface area contributed by atoms with Crippen molar-refractivity contribution in [2.45, 2.75) is 18.9 Å². The molecule has 0 aliphatic carbocycles. The predicted octanol–water partition coefficient (Wildman–Crippen LogP) is 2.63. The Morgan fingerprint density at radius 3 is 2.67 bits per heavy atom. The van der Waals surface area contributed by atoms with Gasteiger partial charge in [0.1, 0.15) is 6.07 Å². The average Bonchev–Trinajstić information content (AvgIpc) is 2.37. The Labute approximate surface area is 109 Å². The van der Waals surface area contributed by atoms with Crippen LogP contribution in [0.3, 0.4) is 0 Å². The Morgan fingerprint density at radius 1 is 1.56 bits per heavy atom. The number of nitro groups is 1. The molecule has 1 aromatic carbocycles. The molecular weight excluding hydrogens is 260 g/mol. The molecule has 7 heteroatoms. The number of nitriles is 1. The van der Waals surface area contributed by atoms with Crippen molar-refractivity contribution in [2.24, 2.45) is 0 Å². The minimum atomic E-state index is -0.736. The summed E-state index contributed by atoms with van der Waals surface area (Å²) in [6.07, 6.45) is -0.736. The molecule has 18 heavy (non-hydrogen) atoms. The van der Waals surface area contributed by atoms with Crippen LogP contribution in [0.1, 0.15) is 12.5 Å². The van der Waals surface area contributed by atoms with Crippen LogP contribution in [0.2, 0.25) is 0 Å². The lowest BCUT2D eigenvalue weighted by atomic mass is 10.1. The number of hydrogen-bond donors (Lipinski definition) is 0. The number of nitrogens with zero attached hydrogens (tertiary/aromatic N) is 2. The monoisotopic (exact) mass is 270 g/mol. The minimum Gasteiger partial charge on any atom is -0.493 e. The summed E-state index contributed by atoms with van der Waals surface area (Å²) in [6.45, 7) is 1.53. The van der Waals surface area contributed by atoms with Gasteiger partial charge in [0.15, 0.2) is 17.6 Å². The zero-order valence-electron chi connectivity index (χ0n) is 9.84. The first-order valence-electron chi connectivity index (χ1n) is 5.01. The number of halogens is 1. The van der Waals surface area contributed by atoms with E-state index < -0.39 is 11.0 Å². The molecule has 1 rings (SSSR count). The summed E-state index contributed by atoms with van der Waals surface area (Å²) >= 11 is 5.64. The van der Waals surface area contributed by atoms with Crippen molar-refractivity contribution in [3.05, 3.63) is 27.8 Å². The third-order valence-electron chi connectivity index (χ3n) is 2.19. The highest BCUT2D eigenvalue weighted by Gasteiger charge is 2.20. The molecule has 0 fully saturated rings. The highest BCUT2D eigenvalue weighted by molar-refractivity contribution is 6.17. The zero-order chi connectivity index (χ0) is 13.7. The molecule has 0 bridgehead atoms. The van der Waals surface area contributed by atoms with E-state index in [2.05, 4.69) is 0 Å². The van der Waals surface area contributed by atoms with Gasteiger partial charge in [0.25, 0.3) is 5.69 Å².